The molecule has 20 heavy (non-hydrogen) atoms. The smallest absolute Gasteiger partial charge is 0.259 e. The van der Waals surface area contributed by atoms with Gasteiger partial charge in [-0.05, 0) is 48.3 Å². The standard InChI is InChI=1S/C14H18BrN3O2/c1-4-19-8-14(3,16)13-17-12(20-18-13)10-7-5-6-9(2)11(10)15/h5-7H,4,8,16H2,1-3H3. The highest BCUT2D eigenvalue weighted by atomic mass is 79.9. The number of hydrogen-bond donors (Lipinski definition) is 1. The number of aromatic nitrogens is 2. The van der Waals surface area contributed by atoms with Gasteiger partial charge in [0, 0.05) is 11.1 Å². The van der Waals surface area contributed by atoms with Crippen molar-refractivity contribution in [1.29, 1.82) is 0 Å². The van der Waals surface area contributed by atoms with Crippen LogP contribution in [-0.4, -0.2) is 23.4 Å². The molecule has 1 aromatic carbocycles. The molecule has 5 nitrogen and oxygen atoms in total. The average molecular weight is 340 g/mol. The van der Waals surface area contributed by atoms with Crippen LogP contribution < -0.4 is 5.73 Å². The fraction of sp³-hybridized carbons (Fsp3) is 0.429. The van der Waals surface area contributed by atoms with Gasteiger partial charge in [-0.3, -0.25) is 0 Å². The van der Waals surface area contributed by atoms with E-state index in [9.17, 15) is 0 Å². The predicted molar refractivity (Wildman–Crippen MR) is 80.2 cm³/mol. The van der Waals surface area contributed by atoms with Crippen LogP contribution in [0.4, 0.5) is 0 Å². The largest absolute Gasteiger partial charge is 0.379 e. The van der Waals surface area contributed by atoms with Gasteiger partial charge >= 0.3 is 0 Å². The number of nitrogens with zero attached hydrogens (tertiary/aromatic N) is 2. The van der Waals surface area contributed by atoms with E-state index in [1.54, 1.807) is 0 Å². The van der Waals surface area contributed by atoms with E-state index < -0.39 is 5.54 Å². The first-order valence-electron chi connectivity index (χ1n) is 6.42. The molecule has 0 amide bonds. The summed E-state index contributed by atoms with van der Waals surface area (Å²) in [6.07, 6.45) is 0. The molecule has 0 bridgehead atoms. The third kappa shape index (κ3) is 3.08. The normalized spacial score (nSPS) is 14.2. The number of hydrogen-bond acceptors (Lipinski definition) is 5. The first-order chi connectivity index (χ1) is 9.45. The van der Waals surface area contributed by atoms with Gasteiger partial charge in [-0.15, -0.1) is 0 Å². The van der Waals surface area contributed by atoms with Crippen LogP contribution in [0.25, 0.3) is 11.5 Å². The minimum atomic E-state index is -0.770. The average Bonchev–Trinajstić information content (AvgIpc) is 2.90. The van der Waals surface area contributed by atoms with Crippen molar-refractivity contribution in [2.45, 2.75) is 26.3 Å². The Morgan fingerprint density at radius 1 is 1.45 bits per heavy atom. The van der Waals surface area contributed by atoms with Gasteiger partial charge in [-0.1, -0.05) is 17.3 Å². The second kappa shape index (κ2) is 6.03. The summed E-state index contributed by atoms with van der Waals surface area (Å²) < 4.78 is 11.6. The van der Waals surface area contributed by atoms with Crippen molar-refractivity contribution in [3.8, 4) is 11.5 Å². The van der Waals surface area contributed by atoms with Crippen LogP contribution in [0.3, 0.4) is 0 Å². The fourth-order valence-electron chi connectivity index (χ4n) is 1.76. The van der Waals surface area contributed by atoms with Crippen molar-refractivity contribution in [3.63, 3.8) is 0 Å². The third-order valence-electron chi connectivity index (χ3n) is 2.97. The maximum Gasteiger partial charge on any atom is 0.259 e. The van der Waals surface area contributed by atoms with E-state index >= 15 is 0 Å². The fourth-order valence-corrected chi connectivity index (χ4v) is 2.19. The third-order valence-corrected chi connectivity index (χ3v) is 4.02. The van der Waals surface area contributed by atoms with Crippen molar-refractivity contribution in [1.82, 2.24) is 10.1 Å². The van der Waals surface area contributed by atoms with Gasteiger partial charge in [0.15, 0.2) is 5.82 Å². The molecule has 0 aliphatic carbocycles. The van der Waals surface area contributed by atoms with Crippen LogP contribution in [0.5, 0.6) is 0 Å². The Morgan fingerprint density at radius 2 is 2.20 bits per heavy atom. The number of benzene rings is 1. The van der Waals surface area contributed by atoms with Crippen LogP contribution in [0, 0.1) is 6.92 Å². The molecule has 108 valence electrons. The Hall–Kier alpha value is -1.24. The Kier molecular flexibility index (Phi) is 4.57. The van der Waals surface area contributed by atoms with E-state index in [1.165, 1.54) is 0 Å². The first kappa shape index (κ1) is 15.2. The van der Waals surface area contributed by atoms with Crippen LogP contribution >= 0.6 is 15.9 Å². The van der Waals surface area contributed by atoms with Crippen molar-refractivity contribution in [3.05, 3.63) is 34.1 Å². The Bertz CT molecular complexity index is 596. The van der Waals surface area contributed by atoms with E-state index in [1.807, 2.05) is 39.0 Å². The molecular formula is C14H18BrN3O2. The minimum Gasteiger partial charge on any atom is -0.379 e. The Balaban J connectivity index is 2.31. The summed E-state index contributed by atoms with van der Waals surface area (Å²) in [5.41, 5.74) is 7.35. The highest BCUT2D eigenvalue weighted by molar-refractivity contribution is 9.10. The van der Waals surface area contributed by atoms with Gasteiger partial charge < -0.3 is 15.0 Å². The molecule has 0 aliphatic heterocycles. The highest BCUT2D eigenvalue weighted by Crippen LogP contribution is 2.30. The molecule has 2 aromatic rings. The molecule has 1 aromatic heterocycles. The number of rotatable bonds is 5. The van der Waals surface area contributed by atoms with E-state index in [-0.39, 0.29) is 0 Å². The maximum atomic E-state index is 6.16. The van der Waals surface area contributed by atoms with Crippen LogP contribution in [0.15, 0.2) is 27.2 Å². The zero-order valence-electron chi connectivity index (χ0n) is 11.8. The minimum absolute atomic E-state index is 0.345. The van der Waals surface area contributed by atoms with Gasteiger partial charge in [0.25, 0.3) is 5.89 Å². The molecule has 1 unspecified atom stereocenters. The molecule has 2 N–H and O–H groups in total. The highest BCUT2D eigenvalue weighted by Gasteiger charge is 2.28. The van der Waals surface area contributed by atoms with Crippen molar-refractivity contribution in [2.75, 3.05) is 13.2 Å². The molecule has 0 aliphatic rings. The Morgan fingerprint density at radius 3 is 2.90 bits per heavy atom. The summed E-state index contributed by atoms with van der Waals surface area (Å²) in [6, 6.07) is 5.87. The molecular weight excluding hydrogens is 322 g/mol. The molecule has 0 saturated carbocycles. The van der Waals surface area contributed by atoms with Crippen molar-refractivity contribution >= 4 is 15.9 Å². The SMILES string of the molecule is CCOCC(C)(N)c1noc(-c2cccc(C)c2Br)n1. The van der Waals surface area contributed by atoms with Gasteiger partial charge in [0.2, 0.25) is 0 Å². The van der Waals surface area contributed by atoms with E-state index in [2.05, 4.69) is 26.1 Å². The predicted octanol–water partition coefficient (Wildman–Crippen LogP) is 3.02. The number of halogens is 1. The van der Waals surface area contributed by atoms with Crippen molar-refractivity contribution < 1.29 is 9.26 Å². The van der Waals surface area contributed by atoms with Crippen LogP contribution in [0.1, 0.15) is 25.2 Å². The monoisotopic (exact) mass is 339 g/mol. The summed E-state index contributed by atoms with van der Waals surface area (Å²) in [7, 11) is 0. The Labute approximate surface area is 126 Å². The van der Waals surface area contributed by atoms with E-state index in [0.717, 1.165) is 15.6 Å². The molecule has 0 spiro atoms. The van der Waals surface area contributed by atoms with E-state index in [0.29, 0.717) is 24.9 Å². The number of ether oxygens (including phenoxy) is 1. The zero-order valence-corrected chi connectivity index (χ0v) is 13.4. The number of aryl methyl sites for hydroxylation is 1. The number of nitrogens with two attached hydrogens (primary N) is 1. The molecule has 2 rings (SSSR count). The molecule has 6 heteroatoms. The molecule has 1 atom stereocenters. The molecule has 0 saturated heterocycles. The lowest BCUT2D eigenvalue weighted by atomic mass is 10.1. The lowest BCUT2D eigenvalue weighted by Gasteiger charge is -2.19. The summed E-state index contributed by atoms with van der Waals surface area (Å²) in [5.74, 6) is 0.887. The van der Waals surface area contributed by atoms with E-state index in [4.69, 9.17) is 15.0 Å². The summed E-state index contributed by atoms with van der Waals surface area (Å²) in [5, 5.41) is 3.98. The van der Waals surface area contributed by atoms with Gasteiger partial charge in [-0.2, -0.15) is 4.98 Å². The molecule has 0 radical (unpaired) electrons. The zero-order chi connectivity index (χ0) is 14.8. The molecule has 1 heterocycles. The first-order valence-corrected chi connectivity index (χ1v) is 7.21. The van der Waals surface area contributed by atoms with Gasteiger partial charge in [-0.25, -0.2) is 0 Å². The summed E-state index contributed by atoms with van der Waals surface area (Å²) in [6.45, 7) is 6.69. The topological polar surface area (TPSA) is 74.2 Å². The maximum absolute atomic E-state index is 6.16. The second-order valence-corrected chi connectivity index (χ2v) is 5.71. The van der Waals surface area contributed by atoms with Gasteiger partial charge in [0.05, 0.1) is 12.2 Å². The molecule has 0 fully saturated rings. The van der Waals surface area contributed by atoms with Crippen LogP contribution in [-0.2, 0) is 10.3 Å². The lowest BCUT2D eigenvalue weighted by molar-refractivity contribution is 0.0962. The van der Waals surface area contributed by atoms with Gasteiger partial charge in [0.1, 0.15) is 5.54 Å². The summed E-state index contributed by atoms with van der Waals surface area (Å²) >= 11 is 3.53. The van der Waals surface area contributed by atoms with Crippen molar-refractivity contribution in [2.24, 2.45) is 5.73 Å². The summed E-state index contributed by atoms with van der Waals surface area (Å²) in [4.78, 5) is 4.39. The second-order valence-electron chi connectivity index (χ2n) is 4.91. The van der Waals surface area contributed by atoms with Crippen LogP contribution in [0.2, 0.25) is 0 Å². The lowest BCUT2D eigenvalue weighted by Crippen LogP contribution is -2.39. The quantitative estimate of drug-likeness (QED) is 0.906.